The third-order valence-corrected chi connectivity index (χ3v) is 4.82. The van der Waals surface area contributed by atoms with Crippen molar-refractivity contribution in [1.29, 1.82) is 0 Å². The molecule has 1 fully saturated rings. The van der Waals surface area contributed by atoms with Crippen molar-refractivity contribution in [1.82, 2.24) is 19.3 Å². The molecule has 2 aromatic heterocycles. The quantitative estimate of drug-likeness (QED) is 0.811. The Morgan fingerprint density at radius 2 is 2.24 bits per heavy atom. The van der Waals surface area contributed by atoms with Gasteiger partial charge in [-0.1, -0.05) is 0 Å². The Balaban J connectivity index is 1.78. The van der Waals surface area contributed by atoms with Gasteiger partial charge in [0.2, 0.25) is 10.0 Å². The van der Waals surface area contributed by atoms with Crippen LogP contribution < -0.4 is 10.5 Å². The molecule has 2 heterocycles. The first-order chi connectivity index (χ1) is 10.1. The summed E-state index contributed by atoms with van der Waals surface area (Å²) in [4.78, 5) is 8.04. The van der Waals surface area contributed by atoms with Crippen molar-refractivity contribution in [2.24, 2.45) is 5.73 Å². The SMILES string of the molecule is NCc1cc(S(=O)(=O)NCc2ccncn2)cn1C1CC1. The molecule has 21 heavy (non-hydrogen) atoms. The van der Waals surface area contributed by atoms with Gasteiger partial charge in [-0.25, -0.2) is 23.1 Å². The minimum atomic E-state index is -3.56. The topological polar surface area (TPSA) is 103 Å². The first kappa shape index (κ1) is 14.2. The van der Waals surface area contributed by atoms with E-state index in [1.54, 1.807) is 24.5 Å². The zero-order valence-electron chi connectivity index (χ0n) is 11.4. The van der Waals surface area contributed by atoms with Crippen LogP contribution in [0.4, 0.5) is 0 Å². The number of hydrogen-bond acceptors (Lipinski definition) is 5. The normalized spacial score (nSPS) is 15.3. The van der Waals surface area contributed by atoms with Crippen LogP contribution in [-0.4, -0.2) is 23.0 Å². The average Bonchev–Trinajstić information content (AvgIpc) is 3.24. The maximum Gasteiger partial charge on any atom is 0.242 e. The maximum absolute atomic E-state index is 12.3. The summed E-state index contributed by atoms with van der Waals surface area (Å²) in [5.74, 6) is 0. The van der Waals surface area contributed by atoms with Crippen LogP contribution in [0.2, 0.25) is 0 Å². The standard InChI is InChI=1S/C13H17N5O2S/c14-6-12-5-13(8-18(12)11-1-2-11)21(19,20)17-7-10-3-4-15-9-16-10/h3-5,8-9,11,17H,1-2,6-7,14H2. The second-order valence-corrected chi connectivity index (χ2v) is 6.80. The molecule has 0 aliphatic heterocycles. The van der Waals surface area contributed by atoms with Crippen molar-refractivity contribution in [3.8, 4) is 0 Å². The van der Waals surface area contributed by atoms with E-state index in [0.29, 0.717) is 18.3 Å². The molecular formula is C13H17N5O2S. The van der Waals surface area contributed by atoms with Gasteiger partial charge in [0, 0.05) is 30.7 Å². The lowest BCUT2D eigenvalue weighted by molar-refractivity contribution is 0.580. The number of nitrogens with one attached hydrogen (secondary N) is 1. The van der Waals surface area contributed by atoms with Crippen LogP contribution in [0.15, 0.2) is 35.7 Å². The molecule has 3 N–H and O–H groups in total. The Morgan fingerprint density at radius 3 is 2.86 bits per heavy atom. The van der Waals surface area contributed by atoms with E-state index in [4.69, 9.17) is 5.73 Å². The predicted octanol–water partition coefficient (Wildman–Crippen LogP) is 0.550. The fourth-order valence-electron chi connectivity index (χ4n) is 2.17. The van der Waals surface area contributed by atoms with Gasteiger partial charge in [-0.3, -0.25) is 0 Å². The summed E-state index contributed by atoms with van der Waals surface area (Å²) in [5, 5.41) is 0. The molecule has 3 rings (SSSR count). The largest absolute Gasteiger partial charge is 0.346 e. The first-order valence-electron chi connectivity index (χ1n) is 6.75. The van der Waals surface area contributed by atoms with Crippen LogP contribution in [0.25, 0.3) is 0 Å². The average molecular weight is 307 g/mol. The van der Waals surface area contributed by atoms with Crippen molar-refractivity contribution >= 4 is 10.0 Å². The first-order valence-corrected chi connectivity index (χ1v) is 8.24. The monoisotopic (exact) mass is 307 g/mol. The molecular weight excluding hydrogens is 290 g/mol. The summed E-state index contributed by atoms with van der Waals surface area (Å²) in [7, 11) is -3.56. The summed E-state index contributed by atoms with van der Waals surface area (Å²) in [5.41, 5.74) is 7.15. The van der Waals surface area contributed by atoms with E-state index in [1.807, 2.05) is 4.57 Å². The third-order valence-electron chi connectivity index (χ3n) is 3.45. The van der Waals surface area contributed by atoms with Gasteiger partial charge in [-0.2, -0.15) is 0 Å². The van der Waals surface area contributed by atoms with E-state index in [1.165, 1.54) is 6.33 Å². The van der Waals surface area contributed by atoms with Crippen LogP contribution in [0.3, 0.4) is 0 Å². The Hall–Kier alpha value is -1.77. The molecule has 0 radical (unpaired) electrons. The lowest BCUT2D eigenvalue weighted by atomic mass is 10.4. The Bertz CT molecular complexity index is 722. The zero-order chi connectivity index (χ0) is 14.9. The van der Waals surface area contributed by atoms with Gasteiger partial charge in [0.25, 0.3) is 0 Å². The van der Waals surface area contributed by atoms with Crippen LogP contribution in [0.5, 0.6) is 0 Å². The number of nitrogens with two attached hydrogens (primary N) is 1. The van der Waals surface area contributed by atoms with Crippen molar-refractivity contribution in [2.75, 3.05) is 0 Å². The van der Waals surface area contributed by atoms with E-state index < -0.39 is 10.0 Å². The van der Waals surface area contributed by atoms with E-state index in [0.717, 1.165) is 18.5 Å². The van der Waals surface area contributed by atoms with Gasteiger partial charge in [-0.15, -0.1) is 0 Å². The second kappa shape index (κ2) is 5.55. The van der Waals surface area contributed by atoms with Crippen molar-refractivity contribution in [3.05, 3.63) is 42.2 Å². The molecule has 2 aromatic rings. The van der Waals surface area contributed by atoms with Crippen LogP contribution in [-0.2, 0) is 23.1 Å². The zero-order valence-corrected chi connectivity index (χ0v) is 12.3. The van der Waals surface area contributed by atoms with E-state index in [2.05, 4.69) is 14.7 Å². The third kappa shape index (κ3) is 3.12. The van der Waals surface area contributed by atoms with Crippen LogP contribution in [0, 0.1) is 0 Å². The molecule has 7 nitrogen and oxygen atoms in total. The minimum absolute atomic E-state index is 0.136. The molecule has 0 amide bonds. The second-order valence-electron chi connectivity index (χ2n) is 5.03. The molecule has 0 saturated heterocycles. The van der Waals surface area contributed by atoms with Crippen molar-refractivity contribution in [2.45, 2.75) is 36.9 Å². The van der Waals surface area contributed by atoms with E-state index in [-0.39, 0.29) is 11.4 Å². The summed E-state index contributed by atoms with van der Waals surface area (Å²) < 4.78 is 29.2. The lowest BCUT2D eigenvalue weighted by Gasteiger charge is -2.04. The molecule has 0 unspecified atom stereocenters. The van der Waals surface area contributed by atoms with E-state index in [9.17, 15) is 8.42 Å². The van der Waals surface area contributed by atoms with Gasteiger partial charge in [0.15, 0.2) is 0 Å². The van der Waals surface area contributed by atoms with Crippen LogP contribution >= 0.6 is 0 Å². The minimum Gasteiger partial charge on any atom is -0.346 e. The molecule has 0 aromatic carbocycles. The molecule has 1 saturated carbocycles. The fourth-order valence-corrected chi connectivity index (χ4v) is 3.22. The van der Waals surface area contributed by atoms with Gasteiger partial charge < -0.3 is 10.3 Å². The van der Waals surface area contributed by atoms with Crippen molar-refractivity contribution < 1.29 is 8.42 Å². The smallest absolute Gasteiger partial charge is 0.242 e. The Kier molecular flexibility index (Phi) is 3.75. The lowest BCUT2D eigenvalue weighted by Crippen LogP contribution is -2.23. The van der Waals surface area contributed by atoms with E-state index >= 15 is 0 Å². The number of rotatable bonds is 6. The molecule has 1 aliphatic rings. The number of hydrogen-bond donors (Lipinski definition) is 2. The number of aromatic nitrogens is 3. The molecule has 0 spiro atoms. The summed E-state index contributed by atoms with van der Waals surface area (Å²) in [6, 6.07) is 3.71. The molecule has 1 aliphatic carbocycles. The Labute approximate surface area is 123 Å². The maximum atomic E-state index is 12.3. The van der Waals surface area contributed by atoms with Gasteiger partial charge in [-0.05, 0) is 25.0 Å². The summed E-state index contributed by atoms with van der Waals surface area (Å²) in [6.07, 6.45) is 6.79. The number of nitrogens with zero attached hydrogens (tertiary/aromatic N) is 3. The summed E-state index contributed by atoms with van der Waals surface area (Å²) in [6.45, 7) is 0.468. The molecule has 0 bridgehead atoms. The fraction of sp³-hybridized carbons (Fsp3) is 0.385. The summed E-state index contributed by atoms with van der Waals surface area (Å²) >= 11 is 0. The number of sulfonamides is 1. The van der Waals surface area contributed by atoms with Gasteiger partial charge >= 0.3 is 0 Å². The molecule has 112 valence electrons. The Morgan fingerprint density at radius 1 is 1.43 bits per heavy atom. The highest BCUT2D eigenvalue weighted by Crippen LogP contribution is 2.37. The predicted molar refractivity (Wildman–Crippen MR) is 76.7 cm³/mol. The molecule has 0 atom stereocenters. The van der Waals surface area contributed by atoms with Crippen LogP contribution in [0.1, 0.15) is 30.3 Å². The van der Waals surface area contributed by atoms with Gasteiger partial charge in [0.1, 0.15) is 6.33 Å². The molecule has 8 heteroatoms. The highest BCUT2D eigenvalue weighted by molar-refractivity contribution is 7.89. The highest BCUT2D eigenvalue weighted by Gasteiger charge is 2.27. The van der Waals surface area contributed by atoms with Gasteiger partial charge in [0.05, 0.1) is 17.1 Å². The highest BCUT2D eigenvalue weighted by atomic mass is 32.2. The van der Waals surface area contributed by atoms with Crippen molar-refractivity contribution in [3.63, 3.8) is 0 Å².